The standard InChI is InChI=1S/C10H14N6/c1-6(2)8-9(12-5-13-10(8)11)7-4-14-15-16(7)3/h4-6H,1-3H3,(H2,11,12,13). The van der Waals surface area contributed by atoms with Crippen LogP contribution in [0.4, 0.5) is 5.82 Å². The summed E-state index contributed by atoms with van der Waals surface area (Å²) >= 11 is 0. The second kappa shape index (κ2) is 3.88. The molecule has 2 heterocycles. The maximum absolute atomic E-state index is 5.88. The Hall–Kier alpha value is -1.98. The van der Waals surface area contributed by atoms with Crippen molar-refractivity contribution in [2.45, 2.75) is 19.8 Å². The first-order valence-corrected chi connectivity index (χ1v) is 5.06. The summed E-state index contributed by atoms with van der Waals surface area (Å²) in [6.45, 7) is 4.12. The van der Waals surface area contributed by atoms with Crippen LogP contribution in [-0.2, 0) is 7.05 Å². The van der Waals surface area contributed by atoms with E-state index in [1.54, 1.807) is 10.9 Å². The van der Waals surface area contributed by atoms with Crippen LogP contribution in [0, 0.1) is 0 Å². The highest BCUT2D eigenvalue weighted by Gasteiger charge is 2.16. The number of nitrogens with zero attached hydrogens (tertiary/aromatic N) is 5. The Balaban J connectivity index is 2.66. The summed E-state index contributed by atoms with van der Waals surface area (Å²) < 4.78 is 1.67. The van der Waals surface area contributed by atoms with Crippen LogP contribution in [0.3, 0.4) is 0 Å². The largest absolute Gasteiger partial charge is 0.383 e. The highest BCUT2D eigenvalue weighted by molar-refractivity contribution is 5.64. The minimum Gasteiger partial charge on any atom is -0.383 e. The maximum Gasteiger partial charge on any atom is 0.130 e. The number of nitrogens with two attached hydrogens (primary N) is 1. The van der Waals surface area contributed by atoms with Gasteiger partial charge in [0.1, 0.15) is 17.8 Å². The summed E-state index contributed by atoms with van der Waals surface area (Å²) in [6, 6.07) is 0. The van der Waals surface area contributed by atoms with Crippen molar-refractivity contribution in [2.75, 3.05) is 5.73 Å². The lowest BCUT2D eigenvalue weighted by atomic mass is 10.0. The van der Waals surface area contributed by atoms with Gasteiger partial charge in [-0.2, -0.15) is 0 Å². The fraction of sp³-hybridized carbons (Fsp3) is 0.400. The number of anilines is 1. The van der Waals surface area contributed by atoms with Gasteiger partial charge in [-0.1, -0.05) is 19.1 Å². The van der Waals surface area contributed by atoms with E-state index >= 15 is 0 Å². The van der Waals surface area contributed by atoms with Gasteiger partial charge in [0, 0.05) is 12.6 Å². The average Bonchev–Trinajstić information content (AvgIpc) is 2.63. The molecule has 0 aromatic carbocycles. The van der Waals surface area contributed by atoms with Gasteiger partial charge in [0.05, 0.1) is 11.9 Å². The predicted octanol–water partition coefficient (Wildman–Crippen LogP) is 0.978. The molecule has 2 N–H and O–H groups in total. The van der Waals surface area contributed by atoms with Gasteiger partial charge in [0.25, 0.3) is 0 Å². The zero-order valence-electron chi connectivity index (χ0n) is 9.55. The van der Waals surface area contributed by atoms with Gasteiger partial charge in [-0.05, 0) is 5.92 Å². The van der Waals surface area contributed by atoms with Gasteiger partial charge in [0.15, 0.2) is 0 Å². The normalized spacial score (nSPS) is 11.0. The van der Waals surface area contributed by atoms with Crippen LogP contribution in [0.1, 0.15) is 25.3 Å². The van der Waals surface area contributed by atoms with E-state index in [0.29, 0.717) is 5.82 Å². The molecule has 0 saturated heterocycles. The third kappa shape index (κ3) is 1.62. The SMILES string of the molecule is CC(C)c1c(N)ncnc1-c1cnnn1C. The number of nitrogen functional groups attached to an aromatic ring is 1. The predicted molar refractivity (Wildman–Crippen MR) is 60.5 cm³/mol. The summed E-state index contributed by atoms with van der Waals surface area (Å²) in [7, 11) is 1.82. The van der Waals surface area contributed by atoms with Crippen molar-refractivity contribution in [2.24, 2.45) is 7.05 Å². The Labute approximate surface area is 93.5 Å². The fourth-order valence-electron chi connectivity index (χ4n) is 1.69. The lowest BCUT2D eigenvalue weighted by Crippen LogP contribution is -2.06. The molecular weight excluding hydrogens is 204 g/mol. The molecule has 0 bridgehead atoms. The number of aryl methyl sites for hydroxylation is 1. The van der Waals surface area contributed by atoms with E-state index in [1.165, 1.54) is 6.33 Å². The van der Waals surface area contributed by atoms with Crippen molar-refractivity contribution in [3.8, 4) is 11.4 Å². The zero-order valence-corrected chi connectivity index (χ0v) is 9.55. The number of aromatic nitrogens is 5. The van der Waals surface area contributed by atoms with E-state index < -0.39 is 0 Å². The summed E-state index contributed by atoms with van der Waals surface area (Å²) in [6.07, 6.45) is 3.14. The molecule has 6 heteroatoms. The van der Waals surface area contributed by atoms with Gasteiger partial charge in [0.2, 0.25) is 0 Å². The molecule has 0 aliphatic heterocycles. The van der Waals surface area contributed by atoms with Crippen molar-refractivity contribution in [3.63, 3.8) is 0 Å². The van der Waals surface area contributed by atoms with E-state index in [9.17, 15) is 0 Å². The molecule has 0 amide bonds. The molecule has 6 nitrogen and oxygen atoms in total. The van der Waals surface area contributed by atoms with Crippen LogP contribution >= 0.6 is 0 Å². The van der Waals surface area contributed by atoms with Gasteiger partial charge in [-0.25, -0.2) is 14.6 Å². The summed E-state index contributed by atoms with van der Waals surface area (Å²) in [4.78, 5) is 8.29. The second-order valence-corrected chi connectivity index (χ2v) is 3.92. The van der Waals surface area contributed by atoms with Gasteiger partial charge in [-0.3, -0.25) is 0 Å². The van der Waals surface area contributed by atoms with E-state index in [1.807, 2.05) is 7.05 Å². The fourth-order valence-corrected chi connectivity index (χ4v) is 1.69. The Morgan fingerprint density at radius 2 is 2.06 bits per heavy atom. The van der Waals surface area contributed by atoms with Crippen molar-refractivity contribution in [1.82, 2.24) is 25.0 Å². The Morgan fingerprint density at radius 1 is 1.31 bits per heavy atom. The van der Waals surface area contributed by atoms with Gasteiger partial charge < -0.3 is 5.73 Å². The monoisotopic (exact) mass is 218 g/mol. The third-order valence-corrected chi connectivity index (χ3v) is 2.45. The summed E-state index contributed by atoms with van der Waals surface area (Å²) in [5.41, 5.74) is 8.46. The molecule has 2 aromatic heterocycles. The quantitative estimate of drug-likeness (QED) is 0.812. The molecule has 0 atom stereocenters. The Bertz CT molecular complexity index is 502. The maximum atomic E-state index is 5.88. The van der Waals surface area contributed by atoms with Gasteiger partial charge in [-0.15, -0.1) is 5.10 Å². The Kier molecular flexibility index (Phi) is 2.55. The first-order chi connectivity index (χ1) is 7.61. The first kappa shape index (κ1) is 10.5. The number of hydrogen-bond acceptors (Lipinski definition) is 5. The molecule has 0 unspecified atom stereocenters. The van der Waals surface area contributed by atoms with Crippen LogP contribution in [-0.4, -0.2) is 25.0 Å². The minimum absolute atomic E-state index is 0.256. The molecular formula is C10H14N6. The average molecular weight is 218 g/mol. The summed E-state index contributed by atoms with van der Waals surface area (Å²) in [5.74, 6) is 0.771. The van der Waals surface area contributed by atoms with E-state index in [0.717, 1.165) is 17.0 Å². The second-order valence-electron chi connectivity index (χ2n) is 3.92. The topological polar surface area (TPSA) is 82.5 Å². The van der Waals surface area contributed by atoms with Crippen molar-refractivity contribution in [1.29, 1.82) is 0 Å². The lowest BCUT2D eigenvalue weighted by Gasteiger charge is -2.12. The van der Waals surface area contributed by atoms with E-state index in [2.05, 4.69) is 34.1 Å². The molecule has 0 aliphatic carbocycles. The minimum atomic E-state index is 0.256. The molecule has 2 rings (SSSR count). The number of hydrogen-bond donors (Lipinski definition) is 1. The first-order valence-electron chi connectivity index (χ1n) is 5.06. The third-order valence-electron chi connectivity index (χ3n) is 2.45. The van der Waals surface area contributed by atoms with E-state index in [4.69, 9.17) is 5.73 Å². The van der Waals surface area contributed by atoms with Crippen LogP contribution in [0.2, 0.25) is 0 Å². The molecule has 0 spiro atoms. The molecule has 16 heavy (non-hydrogen) atoms. The van der Waals surface area contributed by atoms with E-state index in [-0.39, 0.29) is 5.92 Å². The molecule has 0 saturated carbocycles. The Morgan fingerprint density at radius 3 is 2.62 bits per heavy atom. The highest BCUT2D eigenvalue weighted by atomic mass is 15.4. The lowest BCUT2D eigenvalue weighted by molar-refractivity contribution is 0.717. The van der Waals surface area contributed by atoms with Crippen LogP contribution in [0.25, 0.3) is 11.4 Å². The molecule has 84 valence electrons. The van der Waals surface area contributed by atoms with Crippen LogP contribution in [0.15, 0.2) is 12.5 Å². The van der Waals surface area contributed by atoms with Crippen molar-refractivity contribution >= 4 is 5.82 Å². The van der Waals surface area contributed by atoms with Crippen LogP contribution in [0.5, 0.6) is 0 Å². The van der Waals surface area contributed by atoms with Gasteiger partial charge >= 0.3 is 0 Å². The zero-order chi connectivity index (χ0) is 11.7. The molecule has 0 fully saturated rings. The molecule has 2 aromatic rings. The van der Waals surface area contributed by atoms with Crippen LogP contribution < -0.4 is 5.73 Å². The smallest absolute Gasteiger partial charge is 0.130 e. The van der Waals surface area contributed by atoms with Crippen molar-refractivity contribution < 1.29 is 0 Å². The molecule has 0 radical (unpaired) electrons. The highest BCUT2D eigenvalue weighted by Crippen LogP contribution is 2.29. The number of rotatable bonds is 2. The van der Waals surface area contributed by atoms with Crippen molar-refractivity contribution in [3.05, 3.63) is 18.1 Å². The summed E-state index contributed by atoms with van der Waals surface area (Å²) in [5, 5.41) is 7.73. The molecule has 0 aliphatic rings.